The van der Waals surface area contributed by atoms with Crippen LogP contribution in [0.2, 0.25) is 0 Å². The molecule has 2 unspecified atom stereocenters. The predicted octanol–water partition coefficient (Wildman–Crippen LogP) is 2.85. The van der Waals surface area contributed by atoms with E-state index < -0.39 is 0 Å². The second-order valence-corrected chi connectivity index (χ2v) is 5.22. The first-order valence-corrected chi connectivity index (χ1v) is 6.75. The van der Waals surface area contributed by atoms with Crippen LogP contribution in [-0.2, 0) is 4.74 Å². The van der Waals surface area contributed by atoms with Gasteiger partial charge in [0.2, 0.25) is 0 Å². The average molecular weight is 242 g/mol. The van der Waals surface area contributed by atoms with E-state index >= 15 is 0 Å². The second kappa shape index (κ2) is 6.99. The van der Waals surface area contributed by atoms with E-state index in [1.54, 1.807) is 11.3 Å². The molecule has 0 aliphatic carbocycles. The van der Waals surface area contributed by atoms with Crippen molar-refractivity contribution < 1.29 is 4.74 Å². The number of ether oxygens (including phenoxy) is 1. The Kier molecular flexibility index (Phi) is 5.95. The van der Waals surface area contributed by atoms with Gasteiger partial charge in [-0.15, -0.1) is 11.3 Å². The van der Waals surface area contributed by atoms with E-state index in [0.29, 0.717) is 18.0 Å². The summed E-state index contributed by atoms with van der Waals surface area (Å²) < 4.78 is 5.50. The zero-order valence-electron chi connectivity index (χ0n) is 10.6. The van der Waals surface area contributed by atoms with Crippen molar-refractivity contribution in [3.05, 3.63) is 16.6 Å². The van der Waals surface area contributed by atoms with Crippen LogP contribution >= 0.6 is 11.3 Å². The van der Waals surface area contributed by atoms with Crippen LogP contribution in [0, 0.1) is 5.92 Å². The normalized spacial score (nSPS) is 15.3. The van der Waals surface area contributed by atoms with Gasteiger partial charge in [0.05, 0.1) is 12.1 Å². The highest BCUT2D eigenvalue weighted by atomic mass is 32.1. The molecule has 0 radical (unpaired) electrons. The molecular formula is C12H22N2OS. The van der Waals surface area contributed by atoms with E-state index in [2.05, 4.69) is 31.1 Å². The minimum absolute atomic E-state index is 0.348. The number of rotatable bonds is 7. The van der Waals surface area contributed by atoms with Crippen molar-refractivity contribution in [2.45, 2.75) is 39.8 Å². The van der Waals surface area contributed by atoms with Crippen LogP contribution in [-0.4, -0.2) is 24.2 Å². The SMILES string of the molecule is CCOCC(NC(C)c1cncs1)C(C)C. The molecule has 2 atom stereocenters. The lowest BCUT2D eigenvalue weighted by molar-refractivity contribution is 0.104. The van der Waals surface area contributed by atoms with Gasteiger partial charge in [0.15, 0.2) is 0 Å². The first-order chi connectivity index (χ1) is 7.65. The third-order valence-corrected chi connectivity index (χ3v) is 3.61. The summed E-state index contributed by atoms with van der Waals surface area (Å²) in [6.07, 6.45) is 1.93. The first kappa shape index (κ1) is 13.6. The lowest BCUT2D eigenvalue weighted by Crippen LogP contribution is -2.39. The molecule has 1 N–H and O–H groups in total. The summed E-state index contributed by atoms with van der Waals surface area (Å²) in [6, 6.07) is 0.748. The summed E-state index contributed by atoms with van der Waals surface area (Å²) >= 11 is 1.69. The summed E-state index contributed by atoms with van der Waals surface area (Å²) in [5.74, 6) is 0.571. The van der Waals surface area contributed by atoms with Crippen LogP contribution in [0.3, 0.4) is 0 Å². The second-order valence-electron chi connectivity index (χ2n) is 4.30. The number of nitrogens with one attached hydrogen (secondary N) is 1. The molecule has 1 rings (SSSR count). The molecule has 3 nitrogen and oxygen atoms in total. The van der Waals surface area contributed by atoms with Crippen molar-refractivity contribution in [2.75, 3.05) is 13.2 Å². The highest BCUT2D eigenvalue weighted by Gasteiger charge is 2.17. The Morgan fingerprint density at radius 3 is 2.69 bits per heavy atom. The maximum Gasteiger partial charge on any atom is 0.0794 e. The summed E-state index contributed by atoms with van der Waals surface area (Å²) in [4.78, 5) is 5.38. The summed E-state index contributed by atoms with van der Waals surface area (Å²) in [5, 5.41) is 3.60. The predicted molar refractivity (Wildman–Crippen MR) is 68.8 cm³/mol. The van der Waals surface area contributed by atoms with E-state index in [9.17, 15) is 0 Å². The van der Waals surface area contributed by atoms with Crippen LogP contribution in [0.5, 0.6) is 0 Å². The topological polar surface area (TPSA) is 34.1 Å². The molecule has 0 aliphatic rings. The van der Waals surface area contributed by atoms with E-state index in [1.165, 1.54) is 4.88 Å². The molecule has 0 spiro atoms. The van der Waals surface area contributed by atoms with Gasteiger partial charge < -0.3 is 10.1 Å². The van der Waals surface area contributed by atoms with Gasteiger partial charge in [-0.3, -0.25) is 4.98 Å². The van der Waals surface area contributed by atoms with Crippen LogP contribution < -0.4 is 5.32 Å². The molecule has 1 heterocycles. The van der Waals surface area contributed by atoms with Crippen molar-refractivity contribution in [3.63, 3.8) is 0 Å². The molecule has 4 heteroatoms. The van der Waals surface area contributed by atoms with Gasteiger partial charge in [-0.2, -0.15) is 0 Å². The molecule has 0 amide bonds. The highest BCUT2D eigenvalue weighted by Crippen LogP contribution is 2.18. The summed E-state index contributed by atoms with van der Waals surface area (Å²) in [7, 11) is 0. The van der Waals surface area contributed by atoms with Crippen LogP contribution in [0.25, 0.3) is 0 Å². The number of hydrogen-bond acceptors (Lipinski definition) is 4. The molecule has 0 fully saturated rings. The molecular weight excluding hydrogens is 220 g/mol. The lowest BCUT2D eigenvalue weighted by atomic mass is 10.0. The number of hydrogen-bond donors (Lipinski definition) is 1. The maximum atomic E-state index is 5.50. The zero-order chi connectivity index (χ0) is 12.0. The van der Waals surface area contributed by atoms with Gasteiger partial charge in [0.25, 0.3) is 0 Å². The van der Waals surface area contributed by atoms with Gasteiger partial charge in [0.1, 0.15) is 0 Å². The van der Waals surface area contributed by atoms with Crippen molar-refractivity contribution in [2.24, 2.45) is 5.92 Å². The Balaban J connectivity index is 2.47. The molecule has 92 valence electrons. The fourth-order valence-corrected chi connectivity index (χ4v) is 2.16. The molecule has 1 aromatic heterocycles. The first-order valence-electron chi connectivity index (χ1n) is 5.87. The maximum absolute atomic E-state index is 5.50. The van der Waals surface area contributed by atoms with Crippen LogP contribution in [0.4, 0.5) is 0 Å². The van der Waals surface area contributed by atoms with Gasteiger partial charge >= 0.3 is 0 Å². The van der Waals surface area contributed by atoms with Crippen LogP contribution in [0.15, 0.2) is 11.7 Å². The van der Waals surface area contributed by atoms with E-state index in [4.69, 9.17) is 4.74 Å². The Hall–Kier alpha value is -0.450. The molecule has 0 aliphatic heterocycles. The van der Waals surface area contributed by atoms with Crippen molar-refractivity contribution in [3.8, 4) is 0 Å². The Bertz CT molecular complexity index is 275. The summed E-state index contributed by atoms with van der Waals surface area (Å²) in [5.41, 5.74) is 1.88. The molecule has 0 bridgehead atoms. The van der Waals surface area contributed by atoms with Crippen LogP contribution in [0.1, 0.15) is 38.6 Å². The Morgan fingerprint density at radius 2 is 2.19 bits per heavy atom. The third-order valence-electron chi connectivity index (χ3n) is 2.65. The van der Waals surface area contributed by atoms with Gasteiger partial charge in [-0.05, 0) is 19.8 Å². The average Bonchev–Trinajstić information content (AvgIpc) is 2.76. The van der Waals surface area contributed by atoms with E-state index in [1.807, 2.05) is 18.6 Å². The number of thiazole rings is 1. The number of nitrogens with zero attached hydrogens (tertiary/aromatic N) is 1. The van der Waals surface area contributed by atoms with Crippen molar-refractivity contribution >= 4 is 11.3 Å². The van der Waals surface area contributed by atoms with E-state index in [-0.39, 0.29) is 0 Å². The third kappa shape index (κ3) is 4.20. The molecule has 0 saturated carbocycles. The largest absolute Gasteiger partial charge is 0.380 e. The lowest BCUT2D eigenvalue weighted by Gasteiger charge is -2.25. The smallest absolute Gasteiger partial charge is 0.0794 e. The highest BCUT2D eigenvalue weighted by molar-refractivity contribution is 7.09. The summed E-state index contributed by atoms with van der Waals surface area (Å²) in [6.45, 7) is 10.2. The molecule has 0 aromatic carbocycles. The monoisotopic (exact) mass is 242 g/mol. The quantitative estimate of drug-likeness (QED) is 0.798. The minimum atomic E-state index is 0.348. The van der Waals surface area contributed by atoms with Gasteiger partial charge in [-0.25, -0.2) is 0 Å². The Labute approximate surface area is 102 Å². The molecule has 16 heavy (non-hydrogen) atoms. The molecule has 0 saturated heterocycles. The minimum Gasteiger partial charge on any atom is -0.380 e. The van der Waals surface area contributed by atoms with E-state index in [0.717, 1.165) is 13.2 Å². The zero-order valence-corrected chi connectivity index (χ0v) is 11.4. The van der Waals surface area contributed by atoms with Crippen molar-refractivity contribution in [1.82, 2.24) is 10.3 Å². The fourth-order valence-electron chi connectivity index (χ4n) is 1.52. The Morgan fingerprint density at radius 1 is 1.44 bits per heavy atom. The number of aromatic nitrogens is 1. The van der Waals surface area contributed by atoms with Gasteiger partial charge in [-0.1, -0.05) is 13.8 Å². The van der Waals surface area contributed by atoms with Gasteiger partial charge in [0, 0.05) is 29.8 Å². The van der Waals surface area contributed by atoms with Crippen molar-refractivity contribution in [1.29, 1.82) is 0 Å². The standard InChI is InChI=1S/C12H22N2OS/c1-5-15-7-11(9(2)3)14-10(4)12-6-13-8-16-12/h6,8-11,14H,5,7H2,1-4H3. The fraction of sp³-hybridized carbons (Fsp3) is 0.750. The molecule has 1 aromatic rings.